The Kier molecular flexibility index (Phi) is 4.72. The predicted octanol–water partition coefficient (Wildman–Crippen LogP) is 3.99. The van der Waals surface area contributed by atoms with Crippen LogP contribution in [-0.4, -0.2) is 24.0 Å². The Labute approximate surface area is 149 Å². The number of rotatable bonds is 5. The SMILES string of the molecule is COc1ccc(S(=O)Oc2ccc3c(c2)C=CC(C)(C)O3)cc1OC. The summed E-state index contributed by atoms with van der Waals surface area (Å²) in [5.74, 6) is 2.35. The van der Waals surface area contributed by atoms with Crippen molar-refractivity contribution in [2.24, 2.45) is 0 Å². The molecule has 1 aliphatic heterocycles. The highest BCUT2D eigenvalue weighted by atomic mass is 32.2. The molecule has 3 rings (SSSR count). The monoisotopic (exact) mass is 360 g/mol. The zero-order valence-electron chi connectivity index (χ0n) is 14.6. The molecular weight excluding hydrogens is 340 g/mol. The molecule has 6 heteroatoms. The second-order valence-electron chi connectivity index (χ2n) is 6.07. The van der Waals surface area contributed by atoms with Gasteiger partial charge in [-0.25, -0.2) is 4.21 Å². The third-order valence-corrected chi connectivity index (χ3v) is 4.72. The van der Waals surface area contributed by atoms with Crippen molar-refractivity contribution >= 4 is 17.2 Å². The van der Waals surface area contributed by atoms with Gasteiger partial charge in [0.25, 0.3) is 0 Å². The highest BCUT2D eigenvalue weighted by molar-refractivity contribution is 7.80. The van der Waals surface area contributed by atoms with Crippen LogP contribution in [0, 0.1) is 0 Å². The van der Waals surface area contributed by atoms with Crippen LogP contribution in [0.1, 0.15) is 19.4 Å². The second-order valence-corrected chi connectivity index (χ2v) is 7.18. The molecule has 0 spiro atoms. The van der Waals surface area contributed by atoms with E-state index in [-0.39, 0.29) is 5.60 Å². The molecule has 0 aromatic heterocycles. The summed E-state index contributed by atoms with van der Waals surface area (Å²) in [5, 5.41) is 0. The normalized spacial score (nSPS) is 15.7. The lowest BCUT2D eigenvalue weighted by molar-refractivity contribution is 0.159. The zero-order chi connectivity index (χ0) is 18.0. The van der Waals surface area contributed by atoms with Gasteiger partial charge in [-0.2, -0.15) is 0 Å². The van der Waals surface area contributed by atoms with Crippen LogP contribution in [0.15, 0.2) is 47.4 Å². The Balaban J connectivity index is 1.80. The molecule has 1 unspecified atom stereocenters. The van der Waals surface area contributed by atoms with Crippen LogP contribution in [0.3, 0.4) is 0 Å². The van der Waals surface area contributed by atoms with Crippen molar-refractivity contribution in [3.05, 3.63) is 48.0 Å². The number of fused-ring (bicyclic) bond motifs is 1. The van der Waals surface area contributed by atoms with Gasteiger partial charge in [-0.15, -0.1) is 0 Å². The van der Waals surface area contributed by atoms with E-state index in [1.165, 1.54) is 7.11 Å². The first kappa shape index (κ1) is 17.4. The molecule has 5 nitrogen and oxygen atoms in total. The van der Waals surface area contributed by atoms with E-state index in [1.54, 1.807) is 37.4 Å². The second kappa shape index (κ2) is 6.80. The van der Waals surface area contributed by atoms with E-state index in [0.717, 1.165) is 11.3 Å². The average molecular weight is 360 g/mol. The van der Waals surface area contributed by atoms with E-state index in [0.29, 0.717) is 22.1 Å². The summed E-state index contributed by atoms with van der Waals surface area (Å²) in [4.78, 5) is 0.489. The van der Waals surface area contributed by atoms with E-state index in [2.05, 4.69) is 0 Å². The molecule has 1 heterocycles. The summed E-state index contributed by atoms with van der Waals surface area (Å²) < 4.78 is 34.4. The minimum atomic E-state index is -1.67. The summed E-state index contributed by atoms with van der Waals surface area (Å²) in [5.41, 5.74) is 0.554. The van der Waals surface area contributed by atoms with E-state index >= 15 is 0 Å². The first-order valence-electron chi connectivity index (χ1n) is 7.76. The fourth-order valence-corrected chi connectivity index (χ4v) is 3.22. The zero-order valence-corrected chi connectivity index (χ0v) is 15.4. The molecular formula is C19H20O5S. The molecule has 1 aliphatic rings. The molecule has 25 heavy (non-hydrogen) atoms. The van der Waals surface area contributed by atoms with Gasteiger partial charge in [0.15, 0.2) is 11.5 Å². The Morgan fingerprint density at radius 1 is 1.00 bits per heavy atom. The molecule has 0 radical (unpaired) electrons. The van der Waals surface area contributed by atoms with Crippen molar-refractivity contribution in [1.82, 2.24) is 0 Å². The Morgan fingerprint density at radius 3 is 2.48 bits per heavy atom. The van der Waals surface area contributed by atoms with Crippen LogP contribution < -0.4 is 18.4 Å². The van der Waals surface area contributed by atoms with E-state index in [4.69, 9.17) is 18.4 Å². The Morgan fingerprint density at radius 2 is 1.76 bits per heavy atom. The van der Waals surface area contributed by atoms with Crippen LogP contribution in [0.4, 0.5) is 0 Å². The van der Waals surface area contributed by atoms with Crippen LogP contribution in [0.2, 0.25) is 0 Å². The smallest absolute Gasteiger partial charge is 0.240 e. The maximum atomic E-state index is 12.5. The van der Waals surface area contributed by atoms with Crippen molar-refractivity contribution < 1.29 is 22.6 Å². The van der Waals surface area contributed by atoms with Gasteiger partial charge in [0, 0.05) is 11.6 Å². The van der Waals surface area contributed by atoms with Crippen LogP contribution in [0.5, 0.6) is 23.0 Å². The lowest BCUT2D eigenvalue weighted by Gasteiger charge is -2.27. The molecule has 132 valence electrons. The molecule has 0 aliphatic carbocycles. The van der Waals surface area contributed by atoms with Crippen molar-refractivity contribution in [3.8, 4) is 23.0 Å². The van der Waals surface area contributed by atoms with E-state index < -0.39 is 11.1 Å². The van der Waals surface area contributed by atoms with Gasteiger partial charge in [0.2, 0.25) is 11.1 Å². The van der Waals surface area contributed by atoms with Gasteiger partial charge in [-0.3, -0.25) is 0 Å². The standard InChI is InChI=1S/C19H20O5S/c1-19(2)10-9-13-11-14(5-7-16(13)23-19)24-25(20)15-6-8-17(21-3)18(12-15)22-4/h5-12H,1-4H3. The number of methoxy groups -OCH3 is 2. The maximum absolute atomic E-state index is 12.5. The van der Waals surface area contributed by atoms with Crippen LogP contribution in [-0.2, 0) is 11.1 Å². The molecule has 1 atom stereocenters. The van der Waals surface area contributed by atoms with Crippen molar-refractivity contribution in [2.75, 3.05) is 14.2 Å². The first-order valence-corrected chi connectivity index (χ1v) is 8.84. The molecule has 0 saturated carbocycles. The Hall–Kier alpha value is -2.47. The van der Waals surface area contributed by atoms with Gasteiger partial charge in [-0.1, -0.05) is 6.08 Å². The average Bonchev–Trinajstić information content (AvgIpc) is 2.60. The number of ether oxygens (including phenoxy) is 3. The lowest BCUT2D eigenvalue weighted by Crippen LogP contribution is -2.27. The molecule has 2 aromatic carbocycles. The minimum Gasteiger partial charge on any atom is -0.493 e. The quantitative estimate of drug-likeness (QED) is 0.807. The Bertz CT molecular complexity index is 842. The fourth-order valence-electron chi connectivity index (χ4n) is 2.47. The predicted molar refractivity (Wildman–Crippen MR) is 96.8 cm³/mol. The third kappa shape index (κ3) is 3.79. The molecule has 0 bridgehead atoms. The van der Waals surface area contributed by atoms with Gasteiger partial charge < -0.3 is 18.4 Å². The fraction of sp³-hybridized carbons (Fsp3) is 0.263. The number of benzene rings is 2. The highest BCUT2D eigenvalue weighted by Crippen LogP contribution is 2.34. The van der Waals surface area contributed by atoms with E-state index in [9.17, 15) is 4.21 Å². The summed E-state index contributed by atoms with van der Waals surface area (Å²) in [6.07, 6.45) is 3.95. The topological polar surface area (TPSA) is 54.0 Å². The minimum absolute atomic E-state index is 0.335. The van der Waals surface area contributed by atoms with Gasteiger partial charge in [0.05, 0.1) is 19.1 Å². The van der Waals surface area contributed by atoms with Crippen molar-refractivity contribution in [2.45, 2.75) is 24.3 Å². The van der Waals surface area contributed by atoms with E-state index in [1.807, 2.05) is 32.1 Å². The number of hydrogen-bond acceptors (Lipinski definition) is 5. The molecule has 2 aromatic rings. The van der Waals surface area contributed by atoms with Crippen LogP contribution in [0.25, 0.3) is 6.08 Å². The third-order valence-electron chi connectivity index (χ3n) is 3.74. The van der Waals surface area contributed by atoms with Gasteiger partial charge in [-0.05, 0) is 50.3 Å². The number of hydrogen-bond donors (Lipinski definition) is 0. The lowest BCUT2D eigenvalue weighted by atomic mass is 10.0. The maximum Gasteiger partial charge on any atom is 0.240 e. The largest absolute Gasteiger partial charge is 0.493 e. The molecule has 0 amide bonds. The summed E-state index contributed by atoms with van der Waals surface area (Å²) in [6, 6.07) is 10.4. The van der Waals surface area contributed by atoms with Crippen molar-refractivity contribution in [3.63, 3.8) is 0 Å². The summed E-state index contributed by atoms with van der Waals surface area (Å²) >= 11 is -1.67. The first-order chi connectivity index (χ1) is 11.9. The molecule has 0 fully saturated rings. The van der Waals surface area contributed by atoms with Crippen molar-refractivity contribution in [1.29, 1.82) is 0 Å². The van der Waals surface area contributed by atoms with Crippen LogP contribution >= 0.6 is 0 Å². The van der Waals surface area contributed by atoms with Gasteiger partial charge in [0.1, 0.15) is 17.1 Å². The highest BCUT2D eigenvalue weighted by Gasteiger charge is 2.22. The molecule has 0 N–H and O–H groups in total. The summed E-state index contributed by atoms with van der Waals surface area (Å²) in [7, 11) is 3.08. The van der Waals surface area contributed by atoms with Gasteiger partial charge >= 0.3 is 0 Å². The molecule has 0 saturated heterocycles. The summed E-state index contributed by atoms with van der Waals surface area (Å²) in [6.45, 7) is 3.98.